The summed E-state index contributed by atoms with van der Waals surface area (Å²) in [6, 6.07) is 19.4. The summed E-state index contributed by atoms with van der Waals surface area (Å²) in [4.78, 5) is 8.00. The van der Waals surface area contributed by atoms with Crippen molar-refractivity contribution in [1.29, 1.82) is 0 Å². The van der Waals surface area contributed by atoms with Gasteiger partial charge >= 0.3 is 0 Å². The number of fused-ring (bicyclic) bond motifs is 1. The van der Waals surface area contributed by atoms with Crippen molar-refractivity contribution in [3.63, 3.8) is 0 Å². The van der Waals surface area contributed by atoms with Crippen LogP contribution in [0.2, 0.25) is 5.02 Å². The molecule has 5 heteroatoms. The van der Waals surface area contributed by atoms with Gasteiger partial charge in [0.1, 0.15) is 5.82 Å². The van der Waals surface area contributed by atoms with E-state index in [-0.39, 0.29) is 0 Å². The van der Waals surface area contributed by atoms with E-state index >= 15 is 0 Å². The average Bonchev–Trinajstić information content (AvgIpc) is 3.01. The van der Waals surface area contributed by atoms with Gasteiger partial charge in [0, 0.05) is 10.6 Å². The van der Waals surface area contributed by atoms with Gasteiger partial charge in [-0.3, -0.25) is 0 Å². The zero-order chi connectivity index (χ0) is 16.7. The minimum absolute atomic E-state index is 0.551. The first-order chi connectivity index (χ1) is 11.6. The van der Waals surface area contributed by atoms with Gasteiger partial charge in [-0.1, -0.05) is 29.8 Å². The maximum absolute atomic E-state index is 5.95. The minimum atomic E-state index is 0.551. The molecule has 0 fully saturated rings. The summed E-state index contributed by atoms with van der Waals surface area (Å²) in [6.45, 7) is 0. The Kier molecular flexibility index (Phi) is 3.40. The van der Waals surface area contributed by atoms with Gasteiger partial charge in [0.05, 0.1) is 22.4 Å². The van der Waals surface area contributed by atoms with Crippen LogP contribution in [0.5, 0.6) is 0 Å². The number of anilines is 2. The monoisotopic (exact) mass is 334 g/mol. The van der Waals surface area contributed by atoms with Gasteiger partial charge in [-0.15, -0.1) is 0 Å². The lowest BCUT2D eigenvalue weighted by atomic mass is 10.1. The molecule has 0 amide bonds. The van der Waals surface area contributed by atoms with Crippen LogP contribution in [-0.4, -0.2) is 9.97 Å². The van der Waals surface area contributed by atoms with Gasteiger partial charge in [-0.05, 0) is 53.6 Å². The standard InChI is InChI=1S/C19H15ClN4/c20-14-5-1-11(2-6-14)12-4-8-17-18(10-12)24-19(23-17)13-3-7-15(21)16(22)9-13/h1-10H,21-22H2,(H,23,24). The molecule has 4 aromatic rings. The number of rotatable bonds is 2. The Morgan fingerprint density at radius 3 is 2.21 bits per heavy atom. The molecule has 0 aliphatic rings. The van der Waals surface area contributed by atoms with Gasteiger partial charge in [-0.2, -0.15) is 0 Å². The highest BCUT2D eigenvalue weighted by atomic mass is 35.5. The molecule has 118 valence electrons. The molecule has 0 atom stereocenters. The normalized spacial score (nSPS) is 11.0. The number of H-pyrrole nitrogens is 1. The predicted molar refractivity (Wildman–Crippen MR) is 101 cm³/mol. The van der Waals surface area contributed by atoms with Gasteiger partial charge in [0.25, 0.3) is 0 Å². The third kappa shape index (κ3) is 2.57. The van der Waals surface area contributed by atoms with E-state index in [1.54, 1.807) is 6.07 Å². The number of benzene rings is 3. The second-order valence-electron chi connectivity index (χ2n) is 5.67. The predicted octanol–water partition coefficient (Wildman–Crippen LogP) is 4.71. The van der Waals surface area contributed by atoms with Crippen LogP contribution in [-0.2, 0) is 0 Å². The molecular weight excluding hydrogens is 320 g/mol. The van der Waals surface area contributed by atoms with Crippen LogP contribution < -0.4 is 11.5 Å². The fourth-order valence-electron chi connectivity index (χ4n) is 2.69. The molecule has 4 rings (SSSR count). The molecule has 0 spiro atoms. The summed E-state index contributed by atoms with van der Waals surface area (Å²) in [5.41, 5.74) is 17.7. The maximum Gasteiger partial charge on any atom is 0.138 e. The number of hydrogen-bond donors (Lipinski definition) is 3. The van der Waals surface area contributed by atoms with Crippen molar-refractivity contribution in [2.24, 2.45) is 0 Å². The third-order valence-corrected chi connectivity index (χ3v) is 4.27. The second-order valence-corrected chi connectivity index (χ2v) is 6.10. The molecule has 0 aliphatic heterocycles. The Morgan fingerprint density at radius 2 is 1.46 bits per heavy atom. The Bertz CT molecular complexity index is 1040. The molecule has 0 radical (unpaired) electrons. The fourth-order valence-corrected chi connectivity index (χ4v) is 2.81. The number of aromatic amines is 1. The number of halogens is 1. The summed E-state index contributed by atoms with van der Waals surface area (Å²) in [5, 5.41) is 0.725. The largest absolute Gasteiger partial charge is 0.397 e. The van der Waals surface area contributed by atoms with E-state index in [4.69, 9.17) is 23.1 Å². The van der Waals surface area contributed by atoms with Crippen LogP contribution in [0.15, 0.2) is 60.7 Å². The second kappa shape index (κ2) is 5.58. The molecule has 0 aliphatic carbocycles. The number of nitrogens with two attached hydrogens (primary N) is 2. The van der Waals surface area contributed by atoms with E-state index in [1.165, 1.54) is 0 Å². The Hall–Kier alpha value is -2.98. The topological polar surface area (TPSA) is 80.7 Å². The number of nitrogens with one attached hydrogen (secondary N) is 1. The number of imidazole rings is 1. The molecule has 24 heavy (non-hydrogen) atoms. The third-order valence-electron chi connectivity index (χ3n) is 4.02. The highest BCUT2D eigenvalue weighted by Crippen LogP contribution is 2.28. The van der Waals surface area contributed by atoms with Crippen LogP contribution in [0.3, 0.4) is 0 Å². The van der Waals surface area contributed by atoms with Crippen LogP contribution >= 0.6 is 11.6 Å². The first-order valence-corrected chi connectivity index (χ1v) is 7.89. The van der Waals surface area contributed by atoms with E-state index in [9.17, 15) is 0 Å². The SMILES string of the molecule is Nc1ccc(-c2nc3cc(-c4ccc(Cl)cc4)ccc3[nH]2)cc1N. The van der Waals surface area contributed by atoms with Crippen LogP contribution in [0.4, 0.5) is 11.4 Å². The zero-order valence-corrected chi connectivity index (χ0v) is 13.5. The van der Waals surface area contributed by atoms with E-state index in [2.05, 4.69) is 22.1 Å². The van der Waals surface area contributed by atoms with Crippen LogP contribution in [0.1, 0.15) is 0 Å². The van der Waals surface area contributed by atoms with Gasteiger partial charge in [0.15, 0.2) is 0 Å². The molecule has 1 heterocycles. The Balaban J connectivity index is 1.78. The van der Waals surface area contributed by atoms with E-state index in [0.29, 0.717) is 11.4 Å². The van der Waals surface area contributed by atoms with Gasteiger partial charge < -0.3 is 16.5 Å². The summed E-state index contributed by atoms with van der Waals surface area (Å²) in [6.07, 6.45) is 0. The highest BCUT2D eigenvalue weighted by molar-refractivity contribution is 6.30. The molecule has 3 aromatic carbocycles. The van der Waals surface area contributed by atoms with Crippen molar-refractivity contribution in [2.45, 2.75) is 0 Å². The van der Waals surface area contributed by atoms with Crippen molar-refractivity contribution in [3.05, 3.63) is 65.7 Å². The van der Waals surface area contributed by atoms with Crippen LogP contribution in [0, 0.1) is 0 Å². The van der Waals surface area contributed by atoms with E-state index < -0.39 is 0 Å². The molecule has 0 unspecified atom stereocenters. The summed E-state index contributed by atoms with van der Waals surface area (Å²) in [5.74, 6) is 0.768. The van der Waals surface area contributed by atoms with Crippen molar-refractivity contribution in [3.8, 4) is 22.5 Å². The lowest BCUT2D eigenvalue weighted by Crippen LogP contribution is -1.94. The number of hydrogen-bond acceptors (Lipinski definition) is 3. The molecule has 0 saturated carbocycles. The highest BCUT2D eigenvalue weighted by Gasteiger charge is 2.08. The Labute approximate surface area is 144 Å². The molecule has 4 nitrogen and oxygen atoms in total. The summed E-state index contributed by atoms with van der Waals surface area (Å²) >= 11 is 5.95. The molecule has 0 saturated heterocycles. The van der Waals surface area contributed by atoms with Gasteiger partial charge in [0.2, 0.25) is 0 Å². The van der Waals surface area contributed by atoms with Crippen molar-refractivity contribution in [2.75, 3.05) is 11.5 Å². The first-order valence-electron chi connectivity index (χ1n) is 7.51. The Morgan fingerprint density at radius 1 is 0.750 bits per heavy atom. The average molecular weight is 335 g/mol. The molecule has 0 bridgehead atoms. The number of aromatic nitrogens is 2. The quantitative estimate of drug-likeness (QED) is 0.464. The van der Waals surface area contributed by atoms with E-state index in [1.807, 2.05) is 42.5 Å². The molecule has 5 N–H and O–H groups in total. The molecule has 1 aromatic heterocycles. The molecular formula is C19H15ClN4. The lowest BCUT2D eigenvalue weighted by molar-refractivity contribution is 1.34. The van der Waals surface area contributed by atoms with Crippen molar-refractivity contribution < 1.29 is 0 Å². The number of nitrogen functional groups attached to an aromatic ring is 2. The minimum Gasteiger partial charge on any atom is -0.397 e. The first kappa shape index (κ1) is 14.6. The lowest BCUT2D eigenvalue weighted by Gasteiger charge is -2.01. The van der Waals surface area contributed by atoms with E-state index in [0.717, 1.165) is 38.6 Å². The van der Waals surface area contributed by atoms with Crippen LogP contribution in [0.25, 0.3) is 33.5 Å². The van der Waals surface area contributed by atoms with Crippen molar-refractivity contribution >= 4 is 34.0 Å². The summed E-state index contributed by atoms with van der Waals surface area (Å²) < 4.78 is 0. The van der Waals surface area contributed by atoms with Crippen molar-refractivity contribution in [1.82, 2.24) is 9.97 Å². The summed E-state index contributed by atoms with van der Waals surface area (Å²) in [7, 11) is 0. The zero-order valence-electron chi connectivity index (χ0n) is 12.8. The maximum atomic E-state index is 5.95. The fraction of sp³-hybridized carbons (Fsp3) is 0. The number of nitrogens with zero attached hydrogens (tertiary/aromatic N) is 1. The van der Waals surface area contributed by atoms with Gasteiger partial charge in [-0.25, -0.2) is 4.98 Å². The smallest absolute Gasteiger partial charge is 0.138 e.